The number of thiol groups is 1. The van der Waals surface area contributed by atoms with E-state index in [2.05, 4.69) is 33.9 Å². The third-order valence-corrected chi connectivity index (χ3v) is 1.87. The Kier molecular flexibility index (Phi) is 5.29. The fourth-order valence-electron chi connectivity index (χ4n) is 0.391. The average molecular weight is 215 g/mol. The molecule has 2 N–H and O–H groups in total. The lowest BCUT2D eigenvalue weighted by molar-refractivity contribution is -0.122. The van der Waals surface area contributed by atoms with Gasteiger partial charge in [-0.1, -0.05) is 12.2 Å². The van der Waals surface area contributed by atoms with Crippen molar-refractivity contribution in [3.05, 3.63) is 0 Å². The van der Waals surface area contributed by atoms with Crippen molar-refractivity contribution < 1.29 is 14.2 Å². The highest BCUT2D eigenvalue weighted by Gasteiger charge is 2.08. The lowest BCUT2D eigenvalue weighted by atomic mass is 10.6. The van der Waals surface area contributed by atoms with Crippen LogP contribution < -0.4 is 5.32 Å². The number of hydrogen-bond donors (Lipinski definition) is 3. The summed E-state index contributed by atoms with van der Waals surface area (Å²) >= 11 is 7.99. The highest BCUT2D eigenvalue weighted by Crippen LogP contribution is 2.46. The summed E-state index contributed by atoms with van der Waals surface area (Å²) in [7, 11) is 0. The maximum Gasteiger partial charge on any atom is 0.246 e. The summed E-state index contributed by atoms with van der Waals surface area (Å²) in [6, 6.07) is 0. The van der Waals surface area contributed by atoms with Crippen LogP contribution in [0.3, 0.4) is 0 Å². The number of carbonyl (C=O) groups excluding carboxylic acids is 1. The molecule has 0 saturated heterocycles. The molecule has 1 unspecified atom stereocenters. The highest BCUT2D eigenvalue weighted by atomic mass is 32.9. The smallest absolute Gasteiger partial charge is 0.246 e. The molecule has 7 heteroatoms. The van der Waals surface area contributed by atoms with E-state index >= 15 is 0 Å². The van der Waals surface area contributed by atoms with Gasteiger partial charge in [-0.3, -0.25) is 4.79 Å². The lowest BCUT2D eigenvalue weighted by Gasteiger charge is -2.07. The first kappa shape index (κ1) is 11.4. The molecule has 0 aliphatic carbocycles. The van der Waals surface area contributed by atoms with E-state index < -0.39 is 5.69 Å². The Morgan fingerprint density at radius 1 is 1.91 bits per heavy atom. The SMILES string of the molecule is CCNC(=O)COP(O)(=S)S. The zero-order valence-electron chi connectivity index (χ0n) is 5.98. The highest BCUT2D eigenvalue weighted by molar-refractivity contribution is 8.59. The Morgan fingerprint density at radius 2 is 2.45 bits per heavy atom. The van der Waals surface area contributed by atoms with Gasteiger partial charge in [0.1, 0.15) is 6.61 Å². The van der Waals surface area contributed by atoms with E-state index in [4.69, 9.17) is 4.89 Å². The first-order valence-electron chi connectivity index (χ1n) is 2.92. The second kappa shape index (κ2) is 5.11. The van der Waals surface area contributed by atoms with Gasteiger partial charge in [-0.15, -0.1) is 0 Å². The van der Waals surface area contributed by atoms with E-state index in [9.17, 15) is 4.79 Å². The predicted molar refractivity (Wildman–Crippen MR) is 50.1 cm³/mol. The van der Waals surface area contributed by atoms with Crippen LogP contribution in [0.1, 0.15) is 6.92 Å². The second-order valence-electron chi connectivity index (χ2n) is 1.72. The zero-order valence-corrected chi connectivity index (χ0v) is 8.59. The van der Waals surface area contributed by atoms with Crippen LogP contribution in [0.25, 0.3) is 0 Å². The third kappa shape index (κ3) is 8.29. The Balaban J connectivity index is 3.55. The van der Waals surface area contributed by atoms with Crippen LogP contribution in [0.2, 0.25) is 0 Å². The molecule has 11 heavy (non-hydrogen) atoms. The van der Waals surface area contributed by atoms with Gasteiger partial charge in [-0.2, -0.15) is 0 Å². The first-order valence-corrected chi connectivity index (χ1v) is 6.75. The van der Waals surface area contributed by atoms with Crippen molar-refractivity contribution in [1.82, 2.24) is 5.32 Å². The summed E-state index contributed by atoms with van der Waals surface area (Å²) < 4.78 is 4.58. The van der Waals surface area contributed by atoms with Crippen molar-refractivity contribution in [3.8, 4) is 0 Å². The van der Waals surface area contributed by atoms with Crippen molar-refractivity contribution in [1.29, 1.82) is 0 Å². The molecular weight excluding hydrogens is 205 g/mol. The first-order chi connectivity index (χ1) is 4.95. The van der Waals surface area contributed by atoms with Crippen molar-refractivity contribution in [2.75, 3.05) is 13.2 Å². The Morgan fingerprint density at radius 3 is 2.82 bits per heavy atom. The fourth-order valence-corrected chi connectivity index (χ4v) is 1.01. The van der Waals surface area contributed by atoms with E-state index in [-0.39, 0.29) is 12.5 Å². The minimum absolute atomic E-state index is 0.231. The number of hydrogen-bond acceptors (Lipinski definition) is 3. The molecular formula is C4H10NO3PS2. The monoisotopic (exact) mass is 215 g/mol. The van der Waals surface area contributed by atoms with Crippen LogP contribution in [-0.2, 0) is 21.1 Å². The van der Waals surface area contributed by atoms with Crippen LogP contribution in [0.4, 0.5) is 0 Å². The molecule has 0 aromatic heterocycles. The standard InChI is InChI=1S/C4H10NO3PS2/c1-2-5-4(6)3-8-9(7,10)11/h2-3H2,1H3,(H,5,6)(H2,7,10,11). The topological polar surface area (TPSA) is 58.6 Å². The molecule has 0 aliphatic heterocycles. The van der Waals surface area contributed by atoms with Crippen molar-refractivity contribution in [2.45, 2.75) is 6.92 Å². The molecule has 0 rings (SSSR count). The van der Waals surface area contributed by atoms with E-state index in [0.29, 0.717) is 6.54 Å². The molecule has 0 aromatic carbocycles. The summed E-state index contributed by atoms with van der Waals surface area (Å²) in [4.78, 5) is 19.5. The van der Waals surface area contributed by atoms with Gasteiger partial charge in [-0.25, -0.2) is 0 Å². The van der Waals surface area contributed by atoms with Crippen LogP contribution in [0.5, 0.6) is 0 Å². The Hall–Kier alpha value is 0.390. The van der Waals surface area contributed by atoms with Gasteiger partial charge in [-0.05, 0) is 18.7 Å². The van der Waals surface area contributed by atoms with E-state index in [1.807, 2.05) is 0 Å². The summed E-state index contributed by atoms with van der Waals surface area (Å²) in [5.74, 6) is -0.301. The number of amides is 1. The van der Waals surface area contributed by atoms with Crippen LogP contribution >= 0.6 is 17.9 Å². The maximum absolute atomic E-state index is 10.7. The largest absolute Gasteiger partial charge is 0.354 e. The van der Waals surface area contributed by atoms with Crippen LogP contribution in [0, 0.1) is 0 Å². The summed E-state index contributed by atoms with van der Waals surface area (Å²) in [5.41, 5.74) is -2.98. The quantitative estimate of drug-likeness (QED) is 0.466. The van der Waals surface area contributed by atoms with E-state index in [0.717, 1.165) is 0 Å². The summed E-state index contributed by atoms with van der Waals surface area (Å²) in [5, 5.41) is 2.48. The van der Waals surface area contributed by atoms with Gasteiger partial charge in [0.15, 0.2) is 0 Å². The molecule has 0 aromatic rings. The van der Waals surface area contributed by atoms with Crippen molar-refractivity contribution in [3.63, 3.8) is 0 Å². The molecule has 0 aliphatic rings. The number of nitrogens with one attached hydrogen (secondary N) is 1. The average Bonchev–Trinajstić information content (AvgIpc) is 1.83. The minimum Gasteiger partial charge on any atom is -0.354 e. The molecule has 0 spiro atoms. The van der Waals surface area contributed by atoms with E-state index in [1.54, 1.807) is 6.92 Å². The molecule has 1 amide bonds. The second-order valence-corrected chi connectivity index (χ2v) is 6.88. The van der Waals surface area contributed by atoms with Gasteiger partial charge in [0, 0.05) is 6.54 Å². The molecule has 0 saturated carbocycles. The van der Waals surface area contributed by atoms with Gasteiger partial charge < -0.3 is 14.7 Å². The lowest BCUT2D eigenvalue weighted by Crippen LogP contribution is -2.26. The zero-order chi connectivity index (χ0) is 8.91. The minimum atomic E-state index is -2.98. The maximum atomic E-state index is 10.7. The van der Waals surface area contributed by atoms with Crippen molar-refractivity contribution in [2.24, 2.45) is 0 Å². The molecule has 4 nitrogen and oxygen atoms in total. The van der Waals surface area contributed by atoms with Gasteiger partial charge >= 0.3 is 0 Å². The summed E-state index contributed by atoms with van der Waals surface area (Å²) in [6.07, 6.45) is 0. The summed E-state index contributed by atoms with van der Waals surface area (Å²) in [6.45, 7) is 2.09. The number of likely N-dealkylation sites (N-methyl/N-ethyl adjacent to an activating group) is 1. The van der Waals surface area contributed by atoms with Gasteiger partial charge in [0.25, 0.3) is 0 Å². The molecule has 0 fully saturated rings. The molecule has 0 radical (unpaired) electrons. The van der Waals surface area contributed by atoms with Gasteiger partial charge in [0.05, 0.1) is 0 Å². The molecule has 0 heterocycles. The normalized spacial score (nSPS) is 15.5. The van der Waals surface area contributed by atoms with Crippen LogP contribution in [-0.4, -0.2) is 24.0 Å². The van der Waals surface area contributed by atoms with Crippen molar-refractivity contribution >= 4 is 35.7 Å². The van der Waals surface area contributed by atoms with E-state index in [1.165, 1.54) is 0 Å². The number of rotatable bonds is 4. The number of carbonyl (C=O) groups is 1. The van der Waals surface area contributed by atoms with Crippen LogP contribution in [0.15, 0.2) is 0 Å². The molecule has 66 valence electrons. The van der Waals surface area contributed by atoms with Gasteiger partial charge in [0.2, 0.25) is 11.6 Å². The molecule has 0 bridgehead atoms. The fraction of sp³-hybridized carbons (Fsp3) is 0.750. The molecule has 1 atom stereocenters. The Labute approximate surface area is 75.7 Å². The Bertz CT molecular complexity index is 180. The third-order valence-electron chi connectivity index (χ3n) is 0.738. The predicted octanol–water partition coefficient (Wildman–Crippen LogP) is 0.286.